The number of nitrogens with one attached hydrogen (secondary N) is 2. The number of nitro benzene ring substituents is 1. The SMILES string of the molecule is CC(C)(C)NC(=O)CNC(=O)c1ccc(Cl)cc1[N+](=O)[O-]. The molecule has 21 heavy (non-hydrogen) atoms. The molecule has 2 amide bonds. The Hall–Kier alpha value is -2.15. The molecule has 0 aromatic heterocycles. The molecule has 1 rings (SSSR count). The van der Waals surface area contributed by atoms with Crippen LogP contribution in [0.3, 0.4) is 0 Å². The molecule has 0 bridgehead atoms. The van der Waals surface area contributed by atoms with E-state index in [2.05, 4.69) is 10.6 Å². The number of nitrogens with zero attached hydrogens (tertiary/aromatic N) is 1. The zero-order valence-electron chi connectivity index (χ0n) is 11.9. The van der Waals surface area contributed by atoms with Gasteiger partial charge in [-0.1, -0.05) is 11.6 Å². The van der Waals surface area contributed by atoms with E-state index in [-0.39, 0.29) is 23.0 Å². The van der Waals surface area contributed by atoms with Gasteiger partial charge >= 0.3 is 0 Å². The van der Waals surface area contributed by atoms with Gasteiger partial charge in [0.15, 0.2) is 0 Å². The van der Waals surface area contributed by atoms with Crippen molar-refractivity contribution in [2.45, 2.75) is 26.3 Å². The van der Waals surface area contributed by atoms with E-state index >= 15 is 0 Å². The Labute approximate surface area is 126 Å². The Morgan fingerprint density at radius 1 is 1.33 bits per heavy atom. The third-order valence-electron chi connectivity index (χ3n) is 2.33. The van der Waals surface area contributed by atoms with Crippen LogP contribution in [0.1, 0.15) is 31.1 Å². The molecule has 1 aromatic carbocycles. The van der Waals surface area contributed by atoms with E-state index in [0.29, 0.717) is 0 Å². The minimum absolute atomic E-state index is 0.145. The van der Waals surface area contributed by atoms with Gasteiger partial charge in [-0.2, -0.15) is 0 Å². The van der Waals surface area contributed by atoms with E-state index in [0.717, 1.165) is 6.07 Å². The Balaban J connectivity index is 2.77. The minimum atomic E-state index is -0.706. The quantitative estimate of drug-likeness (QED) is 0.654. The van der Waals surface area contributed by atoms with Gasteiger partial charge in [0.25, 0.3) is 11.6 Å². The lowest BCUT2D eigenvalue weighted by atomic mass is 10.1. The standard InChI is InChI=1S/C13H16ClN3O4/c1-13(2,3)16-11(18)7-15-12(19)9-5-4-8(14)6-10(9)17(20)21/h4-6H,7H2,1-3H3,(H,15,19)(H,16,18). The van der Waals surface area contributed by atoms with Crippen molar-refractivity contribution in [3.63, 3.8) is 0 Å². The molecule has 114 valence electrons. The van der Waals surface area contributed by atoms with Crippen molar-refractivity contribution >= 4 is 29.1 Å². The second-order valence-corrected chi connectivity index (χ2v) is 5.84. The number of nitro groups is 1. The van der Waals surface area contributed by atoms with Crippen LogP contribution in [-0.4, -0.2) is 28.8 Å². The predicted octanol–water partition coefficient (Wildman–Crippen LogP) is 1.89. The van der Waals surface area contributed by atoms with Crippen LogP contribution in [0.15, 0.2) is 18.2 Å². The number of rotatable bonds is 4. The highest BCUT2D eigenvalue weighted by Gasteiger charge is 2.21. The van der Waals surface area contributed by atoms with Crippen LogP contribution in [0.5, 0.6) is 0 Å². The maximum absolute atomic E-state index is 11.9. The Morgan fingerprint density at radius 3 is 2.48 bits per heavy atom. The number of benzene rings is 1. The molecule has 0 aliphatic carbocycles. The van der Waals surface area contributed by atoms with Crippen molar-refractivity contribution in [2.75, 3.05) is 6.54 Å². The molecule has 0 radical (unpaired) electrons. The van der Waals surface area contributed by atoms with Crippen LogP contribution < -0.4 is 10.6 Å². The van der Waals surface area contributed by atoms with Gasteiger partial charge in [-0.3, -0.25) is 19.7 Å². The highest BCUT2D eigenvalue weighted by molar-refractivity contribution is 6.31. The van der Waals surface area contributed by atoms with Gasteiger partial charge in [0, 0.05) is 16.6 Å². The van der Waals surface area contributed by atoms with Crippen molar-refractivity contribution in [3.05, 3.63) is 38.9 Å². The summed E-state index contributed by atoms with van der Waals surface area (Å²) in [6, 6.07) is 3.71. The first-order chi connectivity index (χ1) is 9.60. The highest BCUT2D eigenvalue weighted by Crippen LogP contribution is 2.22. The number of amides is 2. The first kappa shape index (κ1) is 16.9. The number of halogens is 1. The first-order valence-electron chi connectivity index (χ1n) is 6.13. The van der Waals surface area contributed by atoms with Crippen molar-refractivity contribution in [2.24, 2.45) is 0 Å². The number of hydrogen-bond donors (Lipinski definition) is 2. The fraction of sp³-hybridized carbons (Fsp3) is 0.385. The molecule has 0 spiro atoms. The number of hydrogen-bond acceptors (Lipinski definition) is 4. The zero-order valence-corrected chi connectivity index (χ0v) is 12.7. The minimum Gasteiger partial charge on any atom is -0.350 e. The Kier molecular flexibility index (Phi) is 5.26. The predicted molar refractivity (Wildman–Crippen MR) is 78.3 cm³/mol. The molecule has 0 heterocycles. The van der Waals surface area contributed by atoms with Crippen LogP contribution in [0.4, 0.5) is 5.69 Å². The van der Waals surface area contributed by atoms with Gasteiger partial charge in [0.1, 0.15) is 5.56 Å². The molecule has 0 saturated carbocycles. The van der Waals surface area contributed by atoms with Crippen molar-refractivity contribution in [1.29, 1.82) is 0 Å². The molecule has 8 heteroatoms. The van der Waals surface area contributed by atoms with Gasteiger partial charge < -0.3 is 10.6 Å². The van der Waals surface area contributed by atoms with Crippen LogP contribution in [-0.2, 0) is 4.79 Å². The largest absolute Gasteiger partial charge is 0.350 e. The summed E-state index contributed by atoms with van der Waals surface area (Å²) in [6.45, 7) is 5.14. The summed E-state index contributed by atoms with van der Waals surface area (Å²) >= 11 is 5.67. The monoisotopic (exact) mass is 313 g/mol. The summed E-state index contributed by atoms with van der Waals surface area (Å²) in [5.74, 6) is -1.09. The number of carbonyl (C=O) groups is 2. The lowest BCUT2D eigenvalue weighted by Gasteiger charge is -2.20. The van der Waals surface area contributed by atoms with E-state index in [9.17, 15) is 19.7 Å². The van der Waals surface area contributed by atoms with Crippen LogP contribution >= 0.6 is 11.6 Å². The molecule has 0 saturated heterocycles. The summed E-state index contributed by atoms with van der Waals surface area (Å²) in [5, 5.41) is 16.0. The van der Waals surface area contributed by atoms with Gasteiger partial charge in [0.05, 0.1) is 11.5 Å². The lowest BCUT2D eigenvalue weighted by Crippen LogP contribution is -2.45. The van der Waals surface area contributed by atoms with Crippen molar-refractivity contribution in [3.8, 4) is 0 Å². The average molecular weight is 314 g/mol. The molecule has 7 nitrogen and oxygen atoms in total. The maximum Gasteiger partial charge on any atom is 0.283 e. The Morgan fingerprint density at radius 2 is 1.95 bits per heavy atom. The number of carbonyl (C=O) groups excluding carboxylic acids is 2. The van der Waals surface area contributed by atoms with Crippen molar-refractivity contribution < 1.29 is 14.5 Å². The van der Waals surface area contributed by atoms with Crippen LogP contribution in [0.25, 0.3) is 0 Å². The van der Waals surface area contributed by atoms with Gasteiger partial charge in [0.2, 0.25) is 5.91 Å². The van der Waals surface area contributed by atoms with Crippen molar-refractivity contribution in [1.82, 2.24) is 10.6 Å². The zero-order chi connectivity index (χ0) is 16.2. The third-order valence-corrected chi connectivity index (χ3v) is 2.56. The summed E-state index contributed by atoms with van der Waals surface area (Å²) in [7, 11) is 0. The molecule has 1 aromatic rings. The molecule has 0 unspecified atom stereocenters. The fourth-order valence-electron chi connectivity index (χ4n) is 1.57. The summed E-state index contributed by atoms with van der Waals surface area (Å²) in [6.07, 6.45) is 0. The highest BCUT2D eigenvalue weighted by atomic mass is 35.5. The topological polar surface area (TPSA) is 101 Å². The molecule has 0 aliphatic heterocycles. The Bertz CT molecular complexity index is 581. The van der Waals surface area contributed by atoms with E-state index in [1.165, 1.54) is 12.1 Å². The average Bonchev–Trinajstić information content (AvgIpc) is 2.33. The van der Waals surface area contributed by atoms with Gasteiger partial charge in [-0.25, -0.2) is 0 Å². The lowest BCUT2D eigenvalue weighted by molar-refractivity contribution is -0.385. The fourth-order valence-corrected chi connectivity index (χ4v) is 1.73. The second-order valence-electron chi connectivity index (χ2n) is 5.40. The van der Waals surface area contributed by atoms with E-state index in [4.69, 9.17) is 11.6 Å². The van der Waals surface area contributed by atoms with Crippen LogP contribution in [0, 0.1) is 10.1 Å². The van der Waals surface area contributed by atoms with E-state index < -0.39 is 22.1 Å². The summed E-state index contributed by atoms with van der Waals surface area (Å²) in [4.78, 5) is 33.7. The molecular weight excluding hydrogens is 298 g/mol. The molecule has 2 N–H and O–H groups in total. The second kappa shape index (κ2) is 6.53. The maximum atomic E-state index is 11.9. The first-order valence-corrected chi connectivity index (χ1v) is 6.51. The van der Waals surface area contributed by atoms with E-state index in [1.54, 1.807) is 20.8 Å². The smallest absolute Gasteiger partial charge is 0.283 e. The normalized spacial score (nSPS) is 10.9. The van der Waals surface area contributed by atoms with Crippen LogP contribution in [0.2, 0.25) is 5.02 Å². The van der Waals surface area contributed by atoms with Gasteiger partial charge in [-0.05, 0) is 32.9 Å². The molecule has 0 atom stereocenters. The molecular formula is C13H16ClN3O4. The van der Waals surface area contributed by atoms with Gasteiger partial charge in [-0.15, -0.1) is 0 Å². The summed E-state index contributed by atoms with van der Waals surface area (Å²) in [5.41, 5.74) is -0.974. The molecule has 0 aliphatic rings. The molecule has 0 fully saturated rings. The summed E-state index contributed by atoms with van der Waals surface area (Å²) < 4.78 is 0. The third kappa shape index (κ3) is 5.39. The van der Waals surface area contributed by atoms with E-state index in [1.807, 2.05) is 0 Å².